The van der Waals surface area contributed by atoms with Gasteiger partial charge in [-0.2, -0.15) is 0 Å². The van der Waals surface area contributed by atoms with Gasteiger partial charge in [0, 0.05) is 10.4 Å². The van der Waals surface area contributed by atoms with E-state index in [4.69, 9.17) is 4.74 Å². The number of rotatable bonds is 4. The lowest BCUT2D eigenvalue weighted by atomic mass is 10.1. The second kappa shape index (κ2) is 6.74. The molecule has 1 heterocycles. The van der Waals surface area contributed by atoms with Crippen molar-refractivity contribution in [2.24, 2.45) is 0 Å². The fourth-order valence-corrected chi connectivity index (χ4v) is 5.57. The van der Waals surface area contributed by atoms with Crippen LogP contribution in [0, 0.1) is 20.8 Å². The van der Waals surface area contributed by atoms with Gasteiger partial charge in [0.1, 0.15) is 4.88 Å². The SMILES string of the molecule is COC(=O)c1cc2cc(NS(=O)(=O)c3c(C)cc(C)cc3C)ccc2s1. The molecule has 3 aromatic rings. The standard InChI is InChI=1S/C19H19NO4S2/c1-11-7-12(2)18(13(3)8-11)26(22,23)20-15-5-6-16-14(9-15)10-17(25-16)19(21)24-4/h5-10,20H,1-4H3. The molecule has 1 N–H and O–H groups in total. The molecule has 0 spiro atoms. The molecule has 3 rings (SSSR count). The van der Waals surface area contributed by atoms with Crippen LogP contribution in [-0.4, -0.2) is 21.5 Å². The zero-order valence-corrected chi connectivity index (χ0v) is 16.5. The van der Waals surface area contributed by atoms with Crippen LogP contribution in [0.4, 0.5) is 5.69 Å². The van der Waals surface area contributed by atoms with Gasteiger partial charge in [-0.1, -0.05) is 17.7 Å². The molecule has 0 aliphatic heterocycles. The number of carbonyl (C=O) groups is 1. The Kier molecular flexibility index (Phi) is 4.77. The Labute approximate surface area is 156 Å². The second-order valence-corrected chi connectivity index (χ2v) is 8.89. The van der Waals surface area contributed by atoms with Gasteiger partial charge < -0.3 is 4.74 Å². The van der Waals surface area contributed by atoms with E-state index in [1.807, 2.05) is 19.1 Å². The van der Waals surface area contributed by atoms with Crippen LogP contribution in [0.3, 0.4) is 0 Å². The van der Waals surface area contributed by atoms with Crippen LogP contribution in [0.1, 0.15) is 26.4 Å². The van der Waals surface area contributed by atoms with Crippen LogP contribution >= 0.6 is 11.3 Å². The van der Waals surface area contributed by atoms with Crippen LogP contribution in [0.15, 0.2) is 41.3 Å². The largest absolute Gasteiger partial charge is 0.465 e. The van der Waals surface area contributed by atoms with E-state index in [0.717, 1.165) is 15.6 Å². The van der Waals surface area contributed by atoms with Gasteiger partial charge in [-0.3, -0.25) is 4.72 Å². The number of thiophene rings is 1. The van der Waals surface area contributed by atoms with Crippen LogP contribution in [0.5, 0.6) is 0 Å². The third-order valence-corrected chi connectivity index (χ3v) is 6.81. The third-order valence-electron chi connectivity index (χ3n) is 4.03. The van der Waals surface area contributed by atoms with Crippen molar-refractivity contribution in [2.45, 2.75) is 25.7 Å². The number of nitrogens with one attached hydrogen (secondary N) is 1. The fourth-order valence-electron chi connectivity index (χ4n) is 3.10. The van der Waals surface area contributed by atoms with Gasteiger partial charge >= 0.3 is 5.97 Å². The normalized spacial score (nSPS) is 11.5. The highest BCUT2D eigenvalue weighted by Gasteiger charge is 2.20. The van der Waals surface area contributed by atoms with E-state index in [1.165, 1.54) is 18.4 Å². The summed E-state index contributed by atoms with van der Waals surface area (Å²) in [5, 5.41) is 0.785. The Balaban J connectivity index is 1.99. The van der Waals surface area contributed by atoms with E-state index in [9.17, 15) is 13.2 Å². The number of hydrogen-bond donors (Lipinski definition) is 1. The smallest absolute Gasteiger partial charge is 0.348 e. The predicted molar refractivity (Wildman–Crippen MR) is 105 cm³/mol. The highest BCUT2D eigenvalue weighted by molar-refractivity contribution is 7.92. The summed E-state index contributed by atoms with van der Waals surface area (Å²) in [6, 6.07) is 10.6. The maximum Gasteiger partial charge on any atom is 0.348 e. The van der Waals surface area contributed by atoms with Crippen LogP contribution in [0.25, 0.3) is 10.1 Å². The molecule has 7 heteroatoms. The minimum absolute atomic E-state index is 0.295. The summed E-state index contributed by atoms with van der Waals surface area (Å²) >= 11 is 1.31. The first kappa shape index (κ1) is 18.4. The minimum atomic E-state index is -3.71. The Morgan fingerprint density at radius 1 is 1.04 bits per heavy atom. The average Bonchev–Trinajstić information content (AvgIpc) is 2.95. The van der Waals surface area contributed by atoms with Crippen molar-refractivity contribution in [3.8, 4) is 0 Å². The number of ether oxygens (including phenoxy) is 1. The number of carbonyl (C=O) groups excluding carboxylic acids is 1. The summed E-state index contributed by atoms with van der Waals surface area (Å²) < 4.78 is 34.0. The maximum absolute atomic E-state index is 12.9. The monoisotopic (exact) mass is 389 g/mol. The molecule has 0 amide bonds. The van der Waals surface area contributed by atoms with E-state index in [1.54, 1.807) is 38.1 Å². The van der Waals surface area contributed by atoms with Crippen molar-refractivity contribution >= 4 is 43.1 Å². The summed E-state index contributed by atoms with van der Waals surface area (Å²) in [6.45, 7) is 5.52. The summed E-state index contributed by atoms with van der Waals surface area (Å²) in [6.07, 6.45) is 0. The molecule has 1 aromatic heterocycles. The number of esters is 1. The van der Waals surface area contributed by atoms with E-state index in [2.05, 4.69) is 4.72 Å². The van der Waals surface area contributed by atoms with Gasteiger partial charge in [0.05, 0.1) is 12.0 Å². The molecule has 0 fully saturated rings. The predicted octanol–water partition coefficient (Wildman–Crippen LogP) is 4.41. The van der Waals surface area contributed by atoms with Crippen molar-refractivity contribution in [2.75, 3.05) is 11.8 Å². The molecule has 0 aliphatic carbocycles. The van der Waals surface area contributed by atoms with Gasteiger partial charge in [0.15, 0.2) is 0 Å². The lowest BCUT2D eigenvalue weighted by Gasteiger charge is -2.14. The van der Waals surface area contributed by atoms with Gasteiger partial charge in [-0.25, -0.2) is 13.2 Å². The van der Waals surface area contributed by atoms with Crippen LogP contribution < -0.4 is 4.72 Å². The number of sulfonamides is 1. The third kappa shape index (κ3) is 3.45. The fraction of sp³-hybridized carbons (Fsp3) is 0.211. The minimum Gasteiger partial charge on any atom is -0.465 e. The summed E-state index contributed by atoms with van der Waals surface area (Å²) in [5.41, 5.74) is 2.89. The number of benzene rings is 2. The van der Waals surface area contributed by atoms with Crippen molar-refractivity contribution in [3.05, 3.63) is 58.0 Å². The van der Waals surface area contributed by atoms with Gasteiger partial charge in [0.2, 0.25) is 0 Å². The summed E-state index contributed by atoms with van der Waals surface area (Å²) in [5.74, 6) is -0.403. The lowest BCUT2D eigenvalue weighted by molar-refractivity contribution is 0.0606. The first-order chi connectivity index (χ1) is 12.2. The quantitative estimate of drug-likeness (QED) is 0.671. The van der Waals surface area contributed by atoms with Crippen molar-refractivity contribution < 1.29 is 17.9 Å². The van der Waals surface area contributed by atoms with E-state index in [0.29, 0.717) is 26.6 Å². The molecule has 26 heavy (non-hydrogen) atoms. The Hall–Kier alpha value is -2.38. The highest BCUT2D eigenvalue weighted by atomic mass is 32.2. The molecule has 136 valence electrons. The zero-order chi connectivity index (χ0) is 19.1. The first-order valence-electron chi connectivity index (χ1n) is 7.94. The maximum atomic E-state index is 12.9. The molecule has 5 nitrogen and oxygen atoms in total. The topological polar surface area (TPSA) is 72.5 Å². The first-order valence-corrected chi connectivity index (χ1v) is 10.2. The molecule has 0 atom stereocenters. The lowest BCUT2D eigenvalue weighted by Crippen LogP contribution is -2.15. The van der Waals surface area contributed by atoms with E-state index < -0.39 is 16.0 Å². The molecule has 2 aromatic carbocycles. The molecule has 0 aliphatic rings. The number of methoxy groups -OCH3 is 1. The molecular formula is C19H19NO4S2. The summed E-state index contributed by atoms with van der Waals surface area (Å²) in [7, 11) is -2.38. The Morgan fingerprint density at radius 3 is 2.31 bits per heavy atom. The van der Waals surface area contributed by atoms with E-state index >= 15 is 0 Å². The van der Waals surface area contributed by atoms with Crippen molar-refractivity contribution in [1.29, 1.82) is 0 Å². The van der Waals surface area contributed by atoms with Crippen LogP contribution in [-0.2, 0) is 14.8 Å². The van der Waals surface area contributed by atoms with Crippen LogP contribution in [0.2, 0.25) is 0 Å². The number of fused-ring (bicyclic) bond motifs is 1. The van der Waals surface area contributed by atoms with Gasteiger partial charge in [-0.05, 0) is 61.5 Å². The molecule has 0 unspecified atom stereocenters. The molecule has 0 saturated heterocycles. The highest BCUT2D eigenvalue weighted by Crippen LogP contribution is 2.30. The summed E-state index contributed by atoms with van der Waals surface area (Å²) in [4.78, 5) is 12.4. The molecule has 0 saturated carbocycles. The number of aryl methyl sites for hydroxylation is 3. The number of hydrogen-bond acceptors (Lipinski definition) is 5. The Bertz CT molecular complexity index is 1090. The molecular weight excluding hydrogens is 370 g/mol. The molecule has 0 radical (unpaired) electrons. The van der Waals surface area contributed by atoms with E-state index in [-0.39, 0.29) is 0 Å². The van der Waals surface area contributed by atoms with Gasteiger partial charge in [-0.15, -0.1) is 11.3 Å². The number of anilines is 1. The average molecular weight is 389 g/mol. The van der Waals surface area contributed by atoms with Gasteiger partial charge in [0.25, 0.3) is 10.0 Å². The van der Waals surface area contributed by atoms with Crippen molar-refractivity contribution in [1.82, 2.24) is 0 Å². The molecule has 0 bridgehead atoms. The Morgan fingerprint density at radius 2 is 1.69 bits per heavy atom. The van der Waals surface area contributed by atoms with Crippen molar-refractivity contribution in [3.63, 3.8) is 0 Å². The zero-order valence-electron chi connectivity index (χ0n) is 14.9. The second-order valence-electron chi connectivity index (χ2n) is 6.19.